The third-order valence-corrected chi connectivity index (χ3v) is 6.98. The van der Waals surface area contributed by atoms with Crippen molar-refractivity contribution < 1.29 is 13.2 Å². The Morgan fingerprint density at radius 3 is 2.23 bits per heavy atom. The Balaban J connectivity index is 1.63. The standard InChI is InChI=1S/C19H29N3O3S/c1-2-21-12-14-22(15-13-21)19(23)16-8-10-18(11-9-16)26(24,25)20-17-6-4-3-5-7-17/h8-11,17,20H,2-7,12-15H2,1H3. The van der Waals surface area contributed by atoms with E-state index in [1.165, 1.54) is 6.42 Å². The Hall–Kier alpha value is -1.44. The van der Waals surface area contributed by atoms with Gasteiger partial charge in [0.1, 0.15) is 0 Å². The molecule has 1 heterocycles. The van der Waals surface area contributed by atoms with Gasteiger partial charge in [-0.1, -0.05) is 26.2 Å². The largest absolute Gasteiger partial charge is 0.336 e. The summed E-state index contributed by atoms with van der Waals surface area (Å²) in [5, 5.41) is 0. The third kappa shape index (κ3) is 4.64. The molecule has 0 spiro atoms. The molecule has 26 heavy (non-hydrogen) atoms. The van der Waals surface area contributed by atoms with Gasteiger partial charge in [-0.2, -0.15) is 0 Å². The molecule has 0 aromatic heterocycles. The number of amides is 1. The number of nitrogens with zero attached hydrogens (tertiary/aromatic N) is 2. The smallest absolute Gasteiger partial charge is 0.253 e. The predicted molar refractivity (Wildman–Crippen MR) is 102 cm³/mol. The average molecular weight is 380 g/mol. The van der Waals surface area contributed by atoms with Crippen LogP contribution in [-0.4, -0.2) is 62.9 Å². The van der Waals surface area contributed by atoms with Gasteiger partial charge in [-0.3, -0.25) is 4.79 Å². The summed E-state index contributed by atoms with van der Waals surface area (Å²) in [5.41, 5.74) is 0.548. The number of piperazine rings is 1. The minimum absolute atomic E-state index is 0.0232. The molecule has 1 aromatic carbocycles. The fourth-order valence-electron chi connectivity index (χ4n) is 3.73. The zero-order valence-electron chi connectivity index (χ0n) is 15.5. The highest BCUT2D eigenvalue weighted by Crippen LogP contribution is 2.20. The van der Waals surface area contributed by atoms with E-state index >= 15 is 0 Å². The number of carbonyl (C=O) groups excluding carboxylic acids is 1. The number of sulfonamides is 1. The van der Waals surface area contributed by atoms with Crippen molar-refractivity contribution in [2.75, 3.05) is 32.7 Å². The number of nitrogens with one attached hydrogen (secondary N) is 1. The molecule has 0 unspecified atom stereocenters. The second kappa shape index (κ2) is 8.50. The molecule has 144 valence electrons. The van der Waals surface area contributed by atoms with Crippen LogP contribution in [0.4, 0.5) is 0 Å². The summed E-state index contributed by atoms with van der Waals surface area (Å²) >= 11 is 0. The van der Waals surface area contributed by atoms with Crippen LogP contribution in [0.5, 0.6) is 0 Å². The van der Waals surface area contributed by atoms with Crippen LogP contribution >= 0.6 is 0 Å². The monoisotopic (exact) mass is 379 g/mol. The van der Waals surface area contributed by atoms with Crippen LogP contribution in [0.2, 0.25) is 0 Å². The molecule has 1 aromatic rings. The van der Waals surface area contributed by atoms with Crippen LogP contribution in [0.3, 0.4) is 0 Å². The summed E-state index contributed by atoms with van der Waals surface area (Å²) in [7, 11) is -3.52. The van der Waals surface area contributed by atoms with Gasteiger partial charge in [0.05, 0.1) is 4.90 Å². The minimum Gasteiger partial charge on any atom is -0.336 e. The van der Waals surface area contributed by atoms with Gasteiger partial charge in [-0.25, -0.2) is 13.1 Å². The average Bonchev–Trinajstić information content (AvgIpc) is 2.68. The van der Waals surface area contributed by atoms with E-state index in [1.54, 1.807) is 24.3 Å². The molecule has 1 saturated carbocycles. The van der Waals surface area contributed by atoms with E-state index in [1.807, 2.05) is 4.90 Å². The molecule has 3 rings (SSSR count). The molecule has 2 fully saturated rings. The van der Waals surface area contributed by atoms with E-state index in [0.717, 1.165) is 58.4 Å². The van der Waals surface area contributed by atoms with Crippen LogP contribution in [0, 0.1) is 0 Å². The number of carbonyl (C=O) groups is 1. The van der Waals surface area contributed by atoms with Crippen molar-refractivity contribution in [3.05, 3.63) is 29.8 Å². The highest BCUT2D eigenvalue weighted by molar-refractivity contribution is 7.89. The zero-order chi connectivity index (χ0) is 18.6. The number of benzene rings is 1. The maximum Gasteiger partial charge on any atom is 0.253 e. The molecule has 1 N–H and O–H groups in total. The van der Waals surface area contributed by atoms with Gasteiger partial charge >= 0.3 is 0 Å². The van der Waals surface area contributed by atoms with Crippen molar-refractivity contribution in [3.8, 4) is 0 Å². The first kappa shape index (κ1) is 19.3. The van der Waals surface area contributed by atoms with Gasteiger partial charge in [0.25, 0.3) is 5.91 Å². The summed E-state index contributed by atoms with van der Waals surface area (Å²) in [6.07, 6.45) is 5.14. The maximum absolute atomic E-state index is 12.6. The van der Waals surface area contributed by atoms with Gasteiger partial charge in [-0.05, 0) is 43.7 Å². The molecule has 6 nitrogen and oxygen atoms in total. The fourth-order valence-corrected chi connectivity index (χ4v) is 5.04. The Labute approximate surface area is 156 Å². The lowest BCUT2D eigenvalue weighted by Crippen LogP contribution is -2.48. The zero-order valence-corrected chi connectivity index (χ0v) is 16.3. The predicted octanol–water partition coefficient (Wildman–Crippen LogP) is 2.08. The molecular weight excluding hydrogens is 350 g/mol. The lowest BCUT2D eigenvalue weighted by molar-refractivity contribution is 0.0643. The van der Waals surface area contributed by atoms with Gasteiger partial charge in [0.15, 0.2) is 0 Å². The van der Waals surface area contributed by atoms with E-state index in [0.29, 0.717) is 5.56 Å². The van der Waals surface area contributed by atoms with E-state index in [2.05, 4.69) is 16.5 Å². The Bertz CT molecular complexity index is 704. The van der Waals surface area contributed by atoms with E-state index in [-0.39, 0.29) is 16.8 Å². The molecule has 0 radical (unpaired) electrons. The number of rotatable bonds is 5. The first-order chi connectivity index (χ1) is 12.5. The van der Waals surface area contributed by atoms with Crippen molar-refractivity contribution in [1.29, 1.82) is 0 Å². The quantitative estimate of drug-likeness (QED) is 0.850. The Kier molecular flexibility index (Phi) is 6.32. The molecule has 2 aliphatic rings. The van der Waals surface area contributed by atoms with Crippen molar-refractivity contribution in [2.24, 2.45) is 0 Å². The van der Waals surface area contributed by atoms with Crippen LogP contribution in [0.15, 0.2) is 29.2 Å². The summed E-state index contributed by atoms with van der Waals surface area (Å²) in [6, 6.07) is 6.37. The Morgan fingerprint density at radius 2 is 1.65 bits per heavy atom. The third-order valence-electron chi connectivity index (χ3n) is 5.45. The molecule has 7 heteroatoms. The normalized spacial score (nSPS) is 20.3. The first-order valence-electron chi connectivity index (χ1n) is 9.63. The summed E-state index contributed by atoms with van der Waals surface area (Å²) < 4.78 is 27.9. The van der Waals surface area contributed by atoms with Gasteiger partial charge in [0, 0.05) is 37.8 Å². The Morgan fingerprint density at radius 1 is 1.04 bits per heavy atom. The molecule has 0 bridgehead atoms. The molecular formula is C19H29N3O3S. The number of likely N-dealkylation sites (N-methyl/N-ethyl adjacent to an activating group) is 1. The molecule has 0 atom stereocenters. The van der Waals surface area contributed by atoms with Crippen LogP contribution in [0.1, 0.15) is 49.4 Å². The SMILES string of the molecule is CCN1CCN(C(=O)c2ccc(S(=O)(=O)NC3CCCCC3)cc2)CC1. The summed E-state index contributed by atoms with van der Waals surface area (Å²) in [5.74, 6) is -0.0232. The maximum atomic E-state index is 12.6. The molecule has 1 amide bonds. The van der Waals surface area contributed by atoms with Crippen molar-refractivity contribution in [1.82, 2.24) is 14.5 Å². The second-order valence-electron chi connectivity index (χ2n) is 7.21. The first-order valence-corrected chi connectivity index (χ1v) is 11.1. The van der Waals surface area contributed by atoms with Gasteiger partial charge in [-0.15, -0.1) is 0 Å². The van der Waals surface area contributed by atoms with Crippen molar-refractivity contribution >= 4 is 15.9 Å². The van der Waals surface area contributed by atoms with Crippen molar-refractivity contribution in [3.63, 3.8) is 0 Å². The molecule has 1 aliphatic heterocycles. The lowest BCUT2D eigenvalue weighted by atomic mass is 9.96. The van der Waals surface area contributed by atoms with E-state index < -0.39 is 10.0 Å². The van der Waals surface area contributed by atoms with E-state index in [4.69, 9.17) is 0 Å². The molecule has 1 saturated heterocycles. The van der Waals surface area contributed by atoms with Crippen LogP contribution in [0.25, 0.3) is 0 Å². The highest BCUT2D eigenvalue weighted by atomic mass is 32.2. The van der Waals surface area contributed by atoms with Crippen molar-refractivity contribution in [2.45, 2.75) is 50.0 Å². The van der Waals surface area contributed by atoms with Crippen LogP contribution < -0.4 is 4.72 Å². The summed E-state index contributed by atoms with van der Waals surface area (Å²) in [4.78, 5) is 17.0. The minimum atomic E-state index is -3.52. The van der Waals surface area contributed by atoms with Crippen LogP contribution in [-0.2, 0) is 10.0 Å². The van der Waals surface area contributed by atoms with Gasteiger partial charge < -0.3 is 9.80 Å². The fraction of sp³-hybridized carbons (Fsp3) is 0.632. The van der Waals surface area contributed by atoms with E-state index in [9.17, 15) is 13.2 Å². The summed E-state index contributed by atoms with van der Waals surface area (Å²) in [6.45, 7) is 6.34. The lowest BCUT2D eigenvalue weighted by Gasteiger charge is -2.34. The van der Waals surface area contributed by atoms with Gasteiger partial charge in [0.2, 0.25) is 10.0 Å². The topological polar surface area (TPSA) is 69.7 Å². The molecule has 1 aliphatic carbocycles. The number of hydrogen-bond donors (Lipinski definition) is 1. The second-order valence-corrected chi connectivity index (χ2v) is 8.92. The number of hydrogen-bond acceptors (Lipinski definition) is 4. The highest BCUT2D eigenvalue weighted by Gasteiger charge is 2.24.